The van der Waals surface area contributed by atoms with Gasteiger partial charge in [0, 0.05) is 24.7 Å². The lowest BCUT2D eigenvalue weighted by atomic mass is 10.1. The molecule has 2 atom stereocenters. The molecule has 0 aliphatic carbocycles. The normalized spacial score (nSPS) is 13.4. The van der Waals surface area contributed by atoms with Crippen LogP contribution in [0.5, 0.6) is 5.75 Å². The van der Waals surface area contributed by atoms with Gasteiger partial charge in [0.1, 0.15) is 18.2 Å². The second-order valence-electron chi connectivity index (χ2n) is 6.15. The van der Waals surface area contributed by atoms with Gasteiger partial charge in [0.2, 0.25) is 0 Å². The monoisotopic (exact) mass is 346 g/mol. The number of nitrogens with one attached hydrogen (secondary N) is 2. The Morgan fingerprint density at radius 3 is 2.52 bits per heavy atom. The fourth-order valence-electron chi connectivity index (χ4n) is 2.59. The third-order valence-electron chi connectivity index (χ3n) is 4.01. The summed E-state index contributed by atoms with van der Waals surface area (Å²) in [4.78, 5) is 0. The summed E-state index contributed by atoms with van der Waals surface area (Å²) in [6.45, 7) is 3.81. The summed E-state index contributed by atoms with van der Waals surface area (Å²) in [7, 11) is 1.89. The summed E-state index contributed by atoms with van der Waals surface area (Å²) >= 11 is 0. The van der Waals surface area contributed by atoms with E-state index >= 15 is 0 Å². The van der Waals surface area contributed by atoms with Crippen LogP contribution in [-0.4, -0.2) is 37.9 Å². The van der Waals surface area contributed by atoms with E-state index in [-0.39, 0.29) is 11.9 Å². The van der Waals surface area contributed by atoms with Crippen LogP contribution in [0.4, 0.5) is 4.39 Å². The Kier molecular flexibility index (Phi) is 7.85. The van der Waals surface area contributed by atoms with Crippen LogP contribution in [0.2, 0.25) is 0 Å². The zero-order valence-electron chi connectivity index (χ0n) is 14.8. The standard InChI is InChI=1S/C20H27FN2O2/c1-15(23-14-20(24)18-5-3-4-6-19(18)21)13-16-7-9-17(10-8-16)25-12-11-22-2/h3-10,15,20,22-24H,11-14H2,1-2H3. The molecule has 2 rings (SSSR count). The average Bonchev–Trinajstić information content (AvgIpc) is 2.62. The minimum Gasteiger partial charge on any atom is -0.492 e. The molecule has 0 fully saturated rings. The van der Waals surface area contributed by atoms with Crippen LogP contribution >= 0.6 is 0 Å². The number of rotatable bonds is 10. The highest BCUT2D eigenvalue weighted by molar-refractivity contribution is 5.27. The lowest BCUT2D eigenvalue weighted by Gasteiger charge is -2.18. The van der Waals surface area contributed by atoms with Crippen molar-refractivity contribution in [2.75, 3.05) is 26.7 Å². The van der Waals surface area contributed by atoms with Gasteiger partial charge < -0.3 is 20.5 Å². The lowest BCUT2D eigenvalue weighted by Crippen LogP contribution is -2.32. The van der Waals surface area contributed by atoms with Gasteiger partial charge >= 0.3 is 0 Å². The van der Waals surface area contributed by atoms with Crippen molar-refractivity contribution in [3.63, 3.8) is 0 Å². The highest BCUT2D eigenvalue weighted by Crippen LogP contribution is 2.17. The molecule has 0 amide bonds. The molecule has 136 valence electrons. The second kappa shape index (κ2) is 10.1. The summed E-state index contributed by atoms with van der Waals surface area (Å²) in [5.74, 6) is 0.480. The molecule has 2 unspecified atom stereocenters. The number of hydrogen-bond donors (Lipinski definition) is 3. The summed E-state index contributed by atoms with van der Waals surface area (Å²) in [5.41, 5.74) is 1.51. The highest BCUT2D eigenvalue weighted by atomic mass is 19.1. The molecule has 2 aromatic rings. The van der Waals surface area contributed by atoms with Crippen LogP contribution in [-0.2, 0) is 6.42 Å². The molecule has 3 N–H and O–H groups in total. The highest BCUT2D eigenvalue weighted by Gasteiger charge is 2.13. The predicted octanol–water partition coefficient (Wildman–Crippen LogP) is 2.68. The topological polar surface area (TPSA) is 53.5 Å². The summed E-state index contributed by atoms with van der Waals surface area (Å²) in [6.07, 6.45) is -0.0348. The molecule has 2 aromatic carbocycles. The smallest absolute Gasteiger partial charge is 0.129 e. The summed E-state index contributed by atoms with van der Waals surface area (Å²) in [5, 5.41) is 16.4. The van der Waals surface area contributed by atoms with E-state index in [0.717, 1.165) is 18.7 Å². The van der Waals surface area contributed by atoms with Gasteiger partial charge in [0.25, 0.3) is 0 Å². The molecule has 0 spiro atoms. The van der Waals surface area contributed by atoms with Crippen LogP contribution in [0, 0.1) is 5.82 Å². The largest absolute Gasteiger partial charge is 0.492 e. The molecule has 0 aliphatic rings. The first-order valence-corrected chi connectivity index (χ1v) is 8.62. The summed E-state index contributed by atoms with van der Waals surface area (Å²) in [6, 6.07) is 14.5. The maximum atomic E-state index is 13.7. The van der Waals surface area contributed by atoms with Crippen LogP contribution in [0.1, 0.15) is 24.2 Å². The van der Waals surface area contributed by atoms with Crippen molar-refractivity contribution in [1.29, 1.82) is 0 Å². The van der Waals surface area contributed by atoms with Crippen LogP contribution in [0.3, 0.4) is 0 Å². The number of aliphatic hydroxyl groups excluding tert-OH is 1. The predicted molar refractivity (Wildman–Crippen MR) is 98.4 cm³/mol. The maximum Gasteiger partial charge on any atom is 0.129 e. The molecule has 0 saturated heterocycles. The quantitative estimate of drug-likeness (QED) is 0.579. The first-order valence-electron chi connectivity index (χ1n) is 8.62. The van der Waals surface area contributed by atoms with Gasteiger partial charge in [-0.05, 0) is 44.2 Å². The third kappa shape index (κ3) is 6.46. The van der Waals surface area contributed by atoms with E-state index in [9.17, 15) is 9.50 Å². The molecule has 5 heteroatoms. The van der Waals surface area contributed by atoms with Crippen LogP contribution in [0.15, 0.2) is 48.5 Å². The molecular weight excluding hydrogens is 319 g/mol. The van der Waals surface area contributed by atoms with Crippen LogP contribution in [0.25, 0.3) is 0 Å². The molecule has 4 nitrogen and oxygen atoms in total. The van der Waals surface area contributed by atoms with E-state index in [1.165, 1.54) is 11.6 Å². The van der Waals surface area contributed by atoms with E-state index in [1.54, 1.807) is 18.2 Å². The maximum absolute atomic E-state index is 13.7. The van der Waals surface area contributed by atoms with Gasteiger partial charge in [-0.25, -0.2) is 4.39 Å². The van der Waals surface area contributed by atoms with Gasteiger partial charge in [-0.2, -0.15) is 0 Å². The minimum absolute atomic E-state index is 0.164. The zero-order valence-corrected chi connectivity index (χ0v) is 14.8. The van der Waals surface area contributed by atoms with Crippen molar-refractivity contribution in [2.24, 2.45) is 0 Å². The lowest BCUT2D eigenvalue weighted by molar-refractivity contribution is 0.166. The SMILES string of the molecule is CNCCOc1ccc(CC(C)NCC(O)c2ccccc2F)cc1. The van der Waals surface area contributed by atoms with Crippen molar-refractivity contribution in [3.05, 3.63) is 65.5 Å². The van der Waals surface area contributed by atoms with Gasteiger partial charge in [-0.1, -0.05) is 30.3 Å². The fourth-order valence-corrected chi connectivity index (χ4v) is 2.59. The van der Waals surface area contributed by atoms with Crippen molar-refractivity contribution in [2.45, 2.75) is 25.5 Å². The van der Waals surface area contributed by atoms with Crippen molar-refractivity contribution >= 4 is 0 Å². The van der Waals surface area contributed by atoms with Crippen LogP contribution < -0.4 is 15.4 Å². The van der Waals surface area contributed by atoms with Crippen molar-refractivity contribution in [1.82, 2.24) is 10.6 Å². The zero-order chi connectivity index (χ0) is 18.1. The third-order valence-corrected chi connectivity index (χ3v) is 4.01. The Hall–Kier alpha value is -1.95. The molecule has 0 radical (unpaired) electrons. The van der Waals surface area contributed by atoms with E-state index < -0.39 is 6.10 Å². The number of hydrogen-bond acceptors (Lipinski definition) is 4. The molecular formula is C20H27FN2O2. The number of ether oxygens (including phenoxy) is 1. The molecule has 0 aromatic heterocycles. The van der Waals surface area contributed by atoms with Gasteiger partial charge in [-0.15, -0.1) is 0 Å². The van der Waals surface area contributed by atoms with Crippen molar-refractivity contribution < 1.29 is 14.2 Å². The van der Waals surface area contributed by atoms with Crippen molar-refractivity contribution in [3.8, 4) is 5.75 Å². The molecule has 0 heterocycles. The Morgan fingerprint density at radius 2 is 1.84 bits per heavy atom. The number of benzene rings is 2. The van der Waals surface area contributed by atoms with E-state index in [4.69, 9.17) is 4.74 Å². The molecule has 0 bridgehead atoms. The molecule has 25 heavy (non-hydrogen) atoms. The molecule has 0 saturated carbocycles. The Bertz CT molecular complexity index is 634. The Labute approximate surface area is 149 Å². The van der Waals surface area contributed by atoms with E-state index in [2.05, 4.69) is 10.6 Å². The first-order chi connectivity index (χ1) is 12.1. The Balaban J connectivity index is 1.78. The van der Waals surface area contributed by atoms with E-state index in [0.29, 0.717) is 18.7 Å². The van der Waals surface area contributed by atoms with Gasteiger partial charge in [-0.3, -0.25) is 0 Å². The van der Waals surface area contributed by atoms with Gasteiger partial charge in [0.05, 0.1) is 6.10 Å². The minimum atomic E-state index is -0.855. The average molecular weight is 346 g/mol. The number of halogens is 1. The number of likely N-dealkylation sites (N-methyl/N-ethyl adjacent to an activating group) is 1. The van der Waals surface area contributed by atoms with E-state index in [1.807, 2.05) is 38.2 Å². The second-order valence-corrected chi connectivity index (χ2v) is 6.15. The Morgan fingerprint density at radius 1 is 1.12 bits per heavy atom. The first kappa shape index (κ1) is 19.4. The molecule has 0 aliphatic heterocycles. The number of aliphatic hydroxyl groups is 1. The van der Waals surface area contributed by atoms with Gasteiger partial charge in [0.15, 0.2) is 0 Å². The fraction of sp³-hybridized carbons (Fsp3) is 0.400. The summed E-state index contributed by atoms with van der Waals surface area (Å²) < 4.78 is 19.3.